The zero-order valence-corrected chi connectivity index (χ0v) is 13.8. The minimum atomic E-state index is -0.236. The van der Waals surface area contributed by atoms with Crippen LogP contribution in [0.4, 0.5) is 10.5 Å². The van der Waals surface area contributed by atoms with Crippen LogP contribution in [0.5, 0.6) is 0 Å². The van der Waals surface area contributed by atoms with E-state index < -0.39 is 0 Å². The van der Waals surface area contributed by atoms with Gasteiger partial charge in [-0.1, -0.05) is 12.1 Å². The first-order valence-electron chi connectivity index (χ1n) is 8.07. The van der Waals surface area contributed by atoms with Gasteiger partial charge in [0, 0.05) is 24.7 Å². The summed E-state index contributed by atoms with van der Waals surface area (Å²) in [5, 5.41) is 14.3. The Hall–Kier alpha value is -3.23. The number of anilines is 1. The van der Waals surface area contributed by atoms with Gasteiger partial charge in [-0.25, -0.2) is 19.4 Å². The molecule has 0 radical (unpaired) electrons. The van der Waals surface area contributed by atoms with Gasteiger partial charge < -0.3 is 10.6 Å². The summed E-state index contributed by atoms with van der Waals surface area (Å²) in [5.41, 5.74) is 1.54. The summed E-state index contributed by atoms with van der Waals surface area (Å²) < 4.78 is 3.48. The van der Waals surface area contributed by atoms with Gasteiger partial charge in [0.2, 0.25) is 0 Å². The second-order valence-corrected chi connectivity index (χ2v) is 6.02. The van der Waals surface area contributed by atoms with Crippen molar-refractivity contribution in [2.45, 2.75) is 25.4 Å². The topological polar surface area (TPSA) is 103 Å². The third-order valence-electron chi connectivity index (χ3n) is 4.12. The second kappa shape index (κ2) is 6.34. The Balaban J connectivity index is 1.40. The fourth-order valence-corrected chi connectivity index (χ4v) is 2.92. The number of benzene rings is 1. The largest absolute Gasteiger partial charge is 0.333 e. The molecule has 0 spiro atoms. The third kappa shape index (κ3) is 3.35. The first kappa shape index (κ1) is 15.3. The highest BCUT2D eigenvalue weighted by Crippen LogP contribution is 2.19. The molecule has 0 saturated heterocycles. The molecule has 1 aliphatic heterocycles. The van der Waals surface area contributed by atoms with Gasteiger partial charge in [-0.2, -0.15) is 10.2 Å². The van der Waals surface area contributed by atoms with Crippen LogP contribution in [0.25, 0.3) is 11.4 Å². The molecule has 0 fully saturated rings. The average molecular weight is 338 g/mol. The fourth-order valence-electron chi connectivity index (χ4n) is 2.92. The Morgan fingerprint density at radius 2 is 2.24 bits per heavy atom. The molecule has 9 nitrogen and oxygen atoms in total. The van der Waals surface area contributed by atoms with Gasteiger partial charge in [0.15, 0.2) is 5.82 Å². The van der Waals surface area contributed by atoms with Crippen LogP contribution in [0.15, 0.2) is 36.9 Å². The van der Waals surface area contributed by atoms with Gasteiger partial charge in [0.05, 0.1) is 12.6 Å². The Kier molecular flexibility index (Phi) is 3.88. The summed E-state index contributed by atoms with van der Waals surface area (Å²) in [6, 6.07) is 7.26. The lowest BCUT2D eigenvalue weighted by atomic mass is 10.1. The maximum absolute atomic E-state index is 12.3. The van der Waals surface area contributed by atoms with Crippen molar-refractivity contribution in [3.8, 4) is 11.4 Å². The summed E-state index contributed by atoms with van der Waals surface area (Å²) in [4.78, 5) is 20.7. The van der Waals surface area contributed by atoms with Crippen molar-refractivity contribution in [2.24, 2.45) is 7.05 Å². The van der Waals surface area contributed by atoms with Gasteiger partial charge in [0.1, 0.15) is 18.5 Å². The van der Waals surface area contributed by atoms with E-state index >= 15 is 0 Å². The molecule has 1 atom stereocenters. The Morgan fingerprint density at radius 1 is 1.32 bits per heavy atom. The molecule has 0 unspecified atom stereocenters. The predicted molar refractivity (Wildman–Crippen MR) is 90.7 cm³/mol. The second-order valence-electron chi connectivity index (χ2n) is 6.02. The lowest BCUT2D eigenvalue weighted by molar-refractivity contribution is 0.243. The summed E-state index contributed by atoms with van der Waals surface area (Å²) >= 11 is 0. The fraction of sp³-hybridized carbons (Fsp3) is 0.312. The van der Waals surface area contributed by atoms with Crippen molar-refractivity contribution >= 4 is 11.7 Å². The highest BCUT2D eigenvalue weighted by Gasteiger charge is 2.21. The molecule has 0 aliphatic carbocycles. The number of amides is 2. The van der Waals surface area contributed by atoms with Crippen LogP contribution in [0.3, 0.4) is 0 Å². The van der Waals surface area contributed by atoms with E-state index in [1.165, 1.54) is 0 Å². The SMILES string of the molecule is Cn1cnc(-c2cccc(NC(=O)N[C@@H]3CCc4ncnn4C3)c2)n1. The van der Waals surface area contributed by atoms with Crippen molar-refractivity contribution in [1.82, 2.24) is 34.8 Å². The van der Waals surface area contributed by atoms with Gasteiger partial charge in [-0.15, -0.1) is 0 Å². The van der Waals surface area contributed by atoms with E-state index in [-0.39, 0.29) is 12.1 Å². The molecule has 2 N–H and O–H groups in total. The maximum Gasteiger partial charge on any atom is 0.319 e. The van der Waals surface area contributed by atoms with Crippen molar-refractivity contribution in [3.05, 3.63) is 42.7 Å². The molecular formula is C16H18N8O. The first-order valence-corrected chi connectivity index (χ1v) is 8.07. The normalized spacial score (nSPS) is 16.3. The number of carbonyl (C=O) groups is 1. The van der Waals surface area contributed by atoms with Gasteiger partial charge >= 0.3 is 6.03 Å². The molecule has 9 heteroatoms. The zero-order chi connectivity index (χ0) is 17.2. The van der Waals surface area contributed by atoms with Crippen LogP contribution >= 0.6 is 0 Å². The van der Waals surface area contributed by atoms with E-state index in [9.17, 15) is 4.79 Å². The lowest BCUT2D eigenvalue weighted by Crippen LogP contribution is -2.43. The summed E-state index contributed by atoms with van der Waals surface area (Å²) in [6.07, 6.45) is 4.86. The number of urea groups is 1. The van der Waals surface area contributed by atoms with E-state index in [1.807, 2.05) is 36.0 Å². The number of hydrogen-bond acceptors (Lipinski definition) is 5. The first-order chi connectivity index (χ1) is 12.2. The molecule has 25 heavy (non-hydrogen) atoms. The van der Waals surface area contributed by atoms with E-state index in [0.29, 0.717) is 18.1 Å². The molecule has 128 valence electrons. The number of rotatable bonds is 3. The van der Waals surface area contributed by atoms with Crippen LogP contribution < -0.4 is 10.6 Å². The highest BCUT2D eigenvalue weighted by molar-refractivity contribution is 5.90. The van der Waals surface area contributed by atoms with E-state index in [1.54, 1.807) is 17.3 Å². The third-order valence-corrected chi connectivity index (χ3v) is 4.12. The number of carbonyl (C=O) groups excluding carboxylic acids is 1. The number of hydrogen-bond donors (Lipinski definition) is 2. The van der Waals surface area contributed by atoms with Gasteiger partial charge in [0.25, 0.3) is 0 Å². The number of nitrogens with one attached hydrogen (secondary N) is 2. The van der Waals surface area contributed by atoms with Crippen molar-refractivity contribution in [2.75, 3.05) is 5.32 Å². The summed E-state index contributed by atoms with van der Waals surface area (Å²) in [7, 11) is 1.82. The molecule has 3 heterocycles. The molecule has 0 saturated carbocycles. The number of aromatic nitrogens is 6. The number of fused-ring (bicyclic) bond motifs is 1. The van der Waals surface area contributed by atoms with Gasteiger partial charge in [-0.05, 0) is 18.6 Å². The molecule has 1 aromatic carbocycles. The van der Waals surface area contributed by atoms with Crippen molar-refractivity contribution < 1.29 is 4.79 Å². The van der Waals surface area contributed by atoms with E-state index in [2.05, 4.69) is 30.8 Å². The molecular weight excluding hydrogens is 320 g/mol. The summed E-state index contributed by atoms with van der Waals surface area (Å²) in [5.74, 6) is 1.59. The number of nitrogens with zero attached hydrogens (tertiary/aromatic N) is 6. The summed E-state index contributed by atoms with van der Waals surface area (Å²) in [6.45, 7) is 0.640. The quantitative estimate of drug-likeness (QED) is 0.747. The van der Waals surface area contributed by atoms with E-state index in [0.717, 1.165) is 24.2 Å². The van der Waals surface area contributed by atoms with Crippen LogP contribution in [0, 0.1) is 0 Å². The van der Waals surface area contributed by atoms with Gasteiger partial charge in [-0.3, -0.25) is 4.68 Å². The Bertz CT molecular complexity index is 899. The molecule has 2 aromatic heterocycles. The average Bonchev–Trinajstić information content (AvgIpc) is 3.23. The molecule has 4 rings (SSSR count). The smallest absolute Gasteiger partial charge is 0.319 e. The molecule has 1 aliphatic rings. The Labute approximate surface area is 144 Å². The van der Waals surface area contributed by atoms with Crippen LogP contribution in [0.1, 0.15) is 12.2 Å². The van der Waals surface area contributed by atoms with Crippen LogP contribution in [0.2, 0.25) is 0 Å². The van der Waals surface area contributed by atoms with Crippen LogP contribution in [-0.2, 0) is 20.0 Å². The van der Waals surface area contributed by atoms with Crippen molar-refractivity contribution in [3.63, 3.8) is 0 Å². The molecule has 0 bridgehead atoms. The molecule has 2 amide bonds. The highest BCUT2D eigenvalue weighted by atomic mass is 16.2. The predicted octanol–water partition coefficient (Wildman–Crippen LogP) is 1.21. The minimum Gasteiger partial charge on any atom is -0.333 e. The van der Waals surface area contributed by atoms with Crippen molar-refractivity contribution in [1.29, 1.82) is 0 Å². The maximum atomic E-state index is 12.3. The minimum absolute atomic E-state index is 0.0369. The zero-order valence-electron chi connectivity index (χ0n) is 13.8. The van der Waals surface area contributed by atoms with E-state index in [4.69, 9.17) is 0 Å². The monoisotopic (exact) mass is 338 g/mol. The number of aryl methyl sites for hydroxylation is 2. The standard InChI is InChI=1S/C16H18N8O/c1-23-10-18-15(22-23)11-3-2-4-12(7-11)20-16(25)21-13-5-6-14-17-9-19-24(14)8-13/h2-4,7,9-10,13H,5-6,8H2,1H3,(H2,20,21,25)/t13-/m1/s1. The molecule has 3 aromatic rings. The van der Waals surface area contributed by atoms with Crippen LogP contribution in [-0.4, -0.2) is 41.6 Å². The lowest BCUT2D eigenvalue weighted by Gasteiger charge is -2.23. The Morgan fingerprint density at radius 3 is 3.08 bits per heavy atom.